The summed E-state index contributed by atoms with van der Waals surface area (Å²) < 4.78 is 53.5. The standard InChI is InChI=1S/C17H20O8S2/c1-9-4-6-10(7-5-9)27(19,20)25-13-12(11-8-21-16(18)26-11)22-15-14(13)23-17(2,3)24-15/h4-7,11-15H,8H2,1-3H3/t11-,12-,13+,14-,15-/m1/s1. The van der Waals surface area contributed by atoms with Gasteiger partial charge >= 0.3 is 5.30 Å². The van der Waals surface area contributed by atoms with Crippen LogP contribution < -0.4 is 0 Å². The van der Waals surface area contributed by atoms with E-state index in [-0.39, 0.29) is 11.5 Å². The number of hydrogen-bond acceptors (Lipinski definition) is 9. The molecule has 0 spiro atoms. The van der Waals surface area contributed by atoms with Gasteiger partial charge in [-0.2, -0.15) is 8.42 Å². The molecule has 0 amide bonds. The van der Waals surface area contributed by atoms with E-state index in [1.54, 1.807) is 26.0 Å². The molecule has 4 rings (SSSR count). The number of carbonyl (C=O) groups is 1. The number of benzene rings is 1. The van der Waals surface area contributed by atoms with Gasteiger partial charge in [0.05, 0.1) is 10.1 Å². The molecule has 3 fully saturated rings. The fourth-order valence-corrected chi connectivity index (χ4v) is 5.29. The molecule has 148 valence electrons. The molecule has 3 heterocycles. The second kappa shape index (κ2) is 6.71. The number of cyclic esters (lactones) is 1. The number of fused-ring (bicyclic) bond motifs is 1. The van der Waals surface area contributed by atoms with Gasteiger partial charge in [0.2, 0.25) is 0 Å². The van der Waals surface area contributed by atoms with Crippen LogP contribution in [0.4, 0.5) is 4.79 Å². The molecule has 0 bridgehead atoms. The molecule has 3 aliphatic heterocycles. The van der Waals surface area contributed by atoms with Crippen LogP contribution in [-0.4, -0.2) is 56.0 Å². The van der Waals surface area contributed by atoms with Gasteiger partial charge in [-0.3, -0.25) is 4.18 Å². The lowest BCUT2D eigenvalue weighted by molar-refractivity contribution is -0.213. The van der Waals surface area contributed by atoms with E-state index in [1.165, 1.54) is 12.1 Å². The Labute approximate surface area is 161 Å². The molecular formula is C17H20O8S2. The van der Waals surface area contributed by atoms with Crippen molar-refractivity contribution in [1.29, 1.82) is 0 Å². The Hall–Kier alpha value is -1.17. The summed E-state index contributed by atoms with van der Waals surface area (Å²) in [4.78, 5) is 11.5. The minimum absolute atomic E-state index is 0.0416. The highest BCUT2D eigenvalue weighted by Crippen LogP contribution is 2.43. The molecule has 5 atom stereocenters. The molecule has 0 radical (unpaired) electrons. The molecule has 10 heteroatoms. The van der Waals surface area contributed by atoms with E-state index >= 15 is 0 Å². The van der Waals surface area contributed by atoms with Crippen LogP contribution in [0.5, 0.6) is 0 Å². The van der Waals surface area contributed by atoms with Gasteiger partial charge in [-0.05, 0) is 44.7 Å². The van der Waals surface area contributed by atoms with Crippen molar-refractivity contribution < 1.29 is 36.3 Å². The maximum Gasteiger partial charge on any atom is 0.367 e. The zero-order valence-electron chi connectivity index (χ0n) is 15.0. The van der Waals surface area contributed by atoms with E-state index in [0.29, 0.717) is 0 Å². The quantitative estimate of drug-likeness (QED) is 0.540. The van der Waals surface area contributed by atoms with Crippen LogP contribution in [0.3, 0.4) is 0 Å². The highest BCUT2D eigenvalue weighted by molar-refractivity contribution is 8.14. The first-order valence-electron chi connectivity index (χ1n) is 8.49. The lowest BCUT2D eigenvalue weighted by Gasteiger charge is -2.27. The van der Waals surface area contributed by atoms with Crippen LogP contribution in [0, 0.1) is 6.92 Å². The Morgan fingerprint density at radius 3 is 2.48 bits per heavy atom. The molecule has 1 aromatic rings. The van der Waals surface area contributed by atoms with Crippen LogP contribution in [-0.2, 0) is 33.2 Å². The maximum atomic E-state index is 12.8. The Morgan fingerprint density at radius 1 is 1.15 bits per heavy atom. The van der Waals surface area contributed by atoms with Gasteiger partial charge in [0.25, 0.3) is 10.1 Å². The number of carbonyl (C=O) groups excluding carboxylic acids is 1. The van der Waals surface area contributed by atoms with Crippen LogP contribution in [0.15, 0.2) is 29.2 Å². The highest BCUT2D eigenvalue weighted by Gasteiger charge is 2.59. The first-order valence-corrected chi connectivity index (χ1v) is 10.8. The Morgan fingerprint density at radius 2 is 1.85 bits per heavy atom. The van der Waals surface area contributed by atoms with Crippen molar-refractivity contribution in [2.45, 2.75) is 61.3 Å². The van der Waals surface area contributed by atoms with Crippen molar-refractivity contribution >= 4 is 27.2 Å². The molecule has 27 heavy (non-hydrogen) atoms. The van der Waals surface area contributed by atoms with Gasteiger partial charge in [0.1, 0.15) is 24.9 Å². The smallest absolute Gasteiger partial charge is 0.367 e. The predicted octanol–water partition coefficient (Wildman–Crippen LogP) is 2.20. The van der Waals surface area contributed by atoms with Crippen molar-refractivity contribution in [3.05, 3.63) is 29.8 Å². The van der Waals surface area contributed by atoms with Crippen molar-refractivity contribution in [3.8, 4) is 0 Å². The van der Waals surface area contributed by atoms with Crippen molar-refractivity contribution in [1.82, 2.24) is 0 Å². The zero-order chi connectivity index (χ0) is 19.4. The minimum atomic E-state index is -4.06. The average molecular weight is 416 g/mol. The molecule has 1 aromatic carbocycles. The summed E-state index contributed by atoms with van der Waals surface area (Å²) in [5.41, 5.74) is 0.934. The molecule has 0 unspecified atom stereocenters. The second-order valence-corrected chi connectivity index (χ2v) is 9.86. The van der Waals surface area contributed by atoms with Crippen molar-refractivity contribution in [2.75, 3.05) is 6.61 Å². The number of ether oxygens (including phenoxy) is 4. The summed E-state index contributed by atoms with van der Waals surface area (Å²) in [5, 5.41) is -0.834. The third-order valence-electron chi connectivity index (χ3n) is 4.55. The van der Waals surface area contributed by atoms with Gasteiger partial charge in [-0.25, -0.2) is 4.79 Å². The summed E-state index contributed by atoms with van der Waals surface area (Å²) in [7, 11) is -4.06. The van der Waals surface area contributed by atoms with Gasteiger partial charge in [-0.1, -0.05) is 17.7 Å². The number of rotatable bonds is 4. The average Bonchev–Trinajstić information content (AvgIpc) is 3.21. The molecule has 0 aliphatic carbocycles. The van der Waals surface area contributed by atoms with Crippen LogP contribution in [0.25, 0.3) is 0 Å². The van der Waals surface area contributed by atoms with E-state index in [9.17, 15) is 13.2 Å². The third kappa shape index (κ3) is 3.74. The molecule has 3 saturated heterocycles. The summed E-state index contributed by atoms with van der Waals surface area (Å²) in [6.07, 6.45) is -3.20. The van der Waals surface area contributed by atoms with E-state index in [1.807, 2.05) is 6.92 Å². The normalized spacial score (nSPS) is 35.2. The van der Waals surface area contributed by atoms with Gasteiger partial charge in [0.15, 0.2) is 12.1 Å². The fraction of sp³-hybridized carbons (Fsp3) is 0.588. The van der Waals surface area contributed by atoms with E-state index in [0.717, 1.165) is 17.3 Å². The highest BCUT2D eigenvalue weighted by atomic mass is 32.2. The number of thioether (sulfide) groups is 1. The summed E-state index contributed by atoms with van der Waals surface area (Å²) >= 11 is 0.957. The zero-order valence-corrected chi connectivity index (χ0v) is 16.6. The van der Waals surface area contributed by atoms with E-state index < -0.39 is 51.1 Å². The van der Waals surface area contributed by atoms with E-state index in [4.69, 9.17) is 23.1 Å². The van der Waals surface area contributed by atoms with Crippen LogP contribution in [0.1, 0.15) is 19.4 Å². The van der Waals surface area contributed by atoms with Crippen LogP contribution in [0.2, 0.25) is 0 Å². The molecule has 0 aromatic heterocycles. The molecular weight excluding hydrogens is 396 g/mol. The maximum absolute atomic E-state index is 12.8. The van der Waals surface area contributed by atoms with Gasteiger partial charge in [-0.15, -0.1) is 0 Å². The Balaban J connectivity index is 1.61. The summed E-state index contributed by atoms with van der Waals surface area (Å²) in [5.74, 6) is -0.926. The lowest BCUT2D eigenvalue weighted by Crippen LogP contribution is -2.43. The largest absolute Gasteiger partial charge is 0.456 e. The summed E-state index contributed by atoms with van der Waals surface area (Å²) in [6.45, 7) is 5.41. The SMILES string of the molecule is Cc1ccc(S(=O)(=O)O[C@@H]2[C@H]3OC(C)(C)O[C@H]3O[C@@H]2[C@H]2COC(=O)S2)cc1. The van der Waals surface area contributed by atoms with Gasteiger partial charge in [0, 0.05) is 0 Å². The van der Waals surface area contributed by atoms with Crippen LogP contribution >= 0.6 is 11.8 Å². The molecule has 8 nitrogen and oxygen atoms in total. The van der Waals surface area contributed by atoms with E-state index in [2.05, 4.69) is 0 Å². The van der Waals surface area contributed by atoms with Crippen molar-refractivity contribution in [2.24, 2.45) is 0 Å². The molecule has 3 aliphatic rings. The third-order valence-corrected chi connectivity index (χ3v) is 6.90. The Kier molecular flexibility index (Phi) is 4.76. The first kappa shape index (κ1) is 19.2. The number of aryl methyl sites for hydroxylation is 1. The summed E-state index contributed by atoms with van der Waals surface area (Å²) in [6, 6.07) is 6.36. The Bertz CT molecular complexity index is 835. The predicted molar refractivity (Wildman–Crippen MR) is 94.7 cm³/mol. The monoisotopic (exact) mass is 416 g/mol. The minimum Gasteiger partial charge on any atom is -0.456 e. The first-order chi connectivity index (χ1) is 12.6. The molecule has 0 saturated carbocycles. The fourth-order valence-electron chi connectivity index (χ4n) is 3.32. The molecule has 0 N–H and O–H groups in total. The number of hydrogen-bond donors (Lipinski definition) is 0. The topological polar surface area (TPSA) is 97.4 Å². The lowest BCUT2D eigenvalue weighted by atomic mass is 10.1. The second-order valence-electron chi connectivity index (χ2n) is 7.11. The van der Waals surface area contributed by atoms with Crippen molar-refractivity contribution in [3.63, 3.8) is 0 Å². The van der Waals surface area contributed by atoms with Gasteiger partial charge < -0.3 is 18.9 Å².